The van der Waals surface area contributed by atoms with E-state index >= 15 is 0 Å². The van der Waals surface area contributed by atoms with Crippen molar-refractivity contribution in [3.8, 4) is 6.07 Å². The molecular weight excluding hydrogens is 198 g/mol. The first-order valence-electron chi connectivity index (χ1n) is 6.69. The number of hydrogen-bond donors (Lipinski definition) is 1. The van der Waals surface area contributed by atoms with Crippen molar-refractivity contribution in [1.82, 2.24) is 0 Å². The Bertz CT molecular complexity index is 300. The second-order valence-corrected chi connectivity index (χ2v) is 6.07. The lowest BCUT2D eigenvalue weighted by Crippen LogP contribution is -2.58. The summed E-state index contributed by atoms with van der Waals surface area (Å²) in [5, 5.41) is 20.5. The zero-order valence-corrected chi connectivity index (χ0v) is 10.5. The molecule has 0 aromatic rings. The molecule has 2 atom stereocenters. The van der Waals surface area contributed by atoms with Crippen LogP contribution in [0.3, 0.4) is 0 Å². The van der Waals surface area contributed by atoms with E-state index in [1.165, 1.54) is 6.42 Å². The van der Waals surface area contributed by atoms with Crippen molar-refractivity contribution in [2.45, 2.75) is 64.4 Å². The van der Waals surface area contributed by atoms with Gasteiger partial charge in [0.05, 0.1) is 17.1 Å². The first kappa shape index (κ1) is 11.9. The zero-order valence-electron chi connectivity index (χ0n) is 10.5. The van der Waals surface area contributed by atoms with Crippen molar-refractivity contribution in [3.63, 3.8) is 0 Å². The van der Waals surface area contributed by atoms with Crippen LogP contribution in [0.4, 0.5) is 0 Å². The summed E-state index contributed by atoms with van der Waals surface area (Å²) in [7, 11) is 0. The van der Waals surface area contributed by atoms with Crippen molar-refractivity contribution in [2.24, 2.45) is 17.3 Å². The number of aliphatic hydroxyl groups is 1. The lowest BCUT2D eigenvalue weighted by molar-refractivity contribution is -0.164. The summed E-state index contributed by atoms with van der Waals surface area (Å²) in [6.07, 6.45) is 7.16. The molecule has 2 heteroatoms. The Labute approximate surface area is 98.7 Å². The lowest BCUT2D eigenvalue weighted by Gasteiger charge is -2.55. The van der Waals surface area contributed by atoms with Gasteiger partial charge in [-0.05, 0) is 37.5 Å². The molecule has 16 heavy (non-hydrogen) atoms. The fraction of sp³-hybridized carbons (Fsp3) is 0.929. The van der Waals surface area contributed by atoms with Crippen molar-refractivity contribution in [3.05, 3.63) is 0 Å². The Morgan fingerprint density at radius 2 is 1.88 bits per heavy atom. The van der Waals surface area contributed by atoms with E-state index in [4.69, 9.17) is 0 Å². The summed E-state index contributed by atoms with van der Waals surface area (Å²) in [6.45, 7) is 4.37. The Morgan fingerprint density at radius 3 is 2.31 bits per heavy atom. The van der Waals surface area contributed by atoms with Gasteiger partial charge < -0.3 is 5.11 Å². The third-order valence-electron chi connectivity index (χ3n) is 4.99. The fourth-order valence-corrected chi connectivity index (χ4v) is 3.83. The first-order valence-corrected chi connectivity index (χ1v) is 6.69. The summed E-state index contributed by atoms with van der Waals surface area (Å²) in [5.74, 6) is 0.803. The van der Waals surface area contributed by atoms with Gasteiger partial charge in [0, 0.05) is 0 Å². The Hall–Kier alpha value is -0.550. The first-order chi connectivity index (χ1) is 7.56. The molecular formula is C14H23NO. The van der Waals surface area contributed by atoms with E-state index in [0.29, 0.717) is 11.8 Å². The second kappa shape index (κ2) is 4.04. The summed E-state index contributed by atoms with van der Waals surface area (Å²) in [6, 6.07) is 2.46. The molecule has 2 nitrogen and oxygen atoms in total. The number of hydrogen-bond acceptors (Lipinski definition) is 2. The van der Waals surface area contributed by atoms with Crippen molar-refractivity contribution < 1.29 is 5.11 Å². The van der Waals surface area contributed by atoms with E-state index in [9.17, 15) is 10.4 Å². The Morgan fingerprint density at radius 1 is 1.19 bits per heavy atom. The van der Waals surface area contributed by atoms with Gasteiger partial charge in [-0.3, -0.25) is 0 Å². The monoisotopic (exact) mass is 221 g/mol. The highest BCUT2D eigenvalue weighted by Crippen LogP contribution is 2.57. The maximum Gasteiger partial charge on any atom is 0.0863 e. The average molecular weight is 221 g/mol. The fourth-order valence-electron chi connectivity index (χ4n) is 3.83. The van der Waals surface area contributed by atoms with Crippen LogP contribution in [0.5, 0.6) is 0 Å². The van der Waals surface area contributed by atoms with Crippen molar-refractivity contribution in [1.29, 1.82) is 5.26 Å². The quantitative estimate of drug-likeness (QED) is 0.777. The normalized spacial score (nSPS) is 37.8. The molecule has 0 aliphatic heterocycles. The van der Waals surface area contributed by atoms with Crippen LogP contribution in [0, 0.1) is 28.6 Å². The summed E-state index contributed by atoms with van der Waals surface area (Å²) in [5.41, 5.74) is -1.12. The minimum Gasteiger partial charge on any atom is -0.388 e. The van der Waals surface area contributed by atoms with Gasteiger partial charge in [-0.2, -0.15) is 5.26 Å². The molecule has 2 saturated carbocycles. The molecule has 2 aliphatic rings. The van der Waals surface area contributed by atoms with Gasteiger partial charge in [-0.15, -0.1) is 0 Å². The van der Waals surface area contributed by atoms with Gasteiger partial charge in [0.1, 0.15) is 0 Å². The largest absolute Gasteiger partial charge is 0.388 e. The maximum atomic E-state index is 11.0. The maximum absolute atomic E-state index is 11.0. The third kappa shape index (κ3) is 1.49. The van der Waals surface area contributed by atoms with E-state index in [0.717, 1.165) is 38.5 Å². The van der Waals surface area contributed by atoms with E-state index in [1.54, 1.807) is 0 Å². The molecule has 0 bridgehead atoms. The van der Waals surface area contributed by atoms with E-state index in [1.807, 2.05) is 0 Å². The number of nitriles is 1. The minimum atomic E-state index is -0.702. The molecule has 0 amide bonds. The summed E-state index contributed by atoms with van der Waals surface area (Å²) >= 11 is 0. The molecule has 90 valence electrons. The Kier molecular flexibility index (Phi) is 3.01. The standard InChI is InChI=1S/C14H23NO/c1-11(2)12-6-3-4-9-14(12,16)13(10-15)7-5-8-13/h11-12,16H,3-9H2,1-2H3. The highest BCUT2D eigenvalue weighted by Gasteiger charge is 2.59. The predicted octanol–water partition coefficient (Wildman–Crippen LogP) is 3.26. The molecule has 0 radical (unpaired) electrons. The molecule has 2 unspecified atom stereocenters. The van der Waals surface area contributed by atoms with Crippen LogP contribution in [0.2, 0.25) is 0 Å². The van der Waals surface area contributed by atoms with Gasteiger partial charge in [0.15, 0.2) is 0 Å². The Balaban J connectivity index is 2.29. The molecule has 2 fully saturated rings. The van der Waals surface area contributed by atoms with Crippen LogP contribution >= 0.6 is 0 Å². The molecule has 2 rings (SSSR count). The molecule has 0 heterocycles. The van der Waals surface area contributed by atoms with Gasteiger partial charge in [0.2, 0.25) is 0 Å². The molecule has 1 N–H and O–H groups in total. The minimum absolute atomic E-state index is 0.321. The lowest BCUT2D eigenvalue weighted by atomic mass is 9.51. The number of nitrogens with zero attached hydrogens (tertiary/aromatic N) is 1. The van der Waals surface area contributed by atoms with Crippen LogP contribution < -0.4 is 0 Å². The van der Waals surface area contributed by atoms with Gasteiger partial charge in [-0.1, -0.05) is 33.1 Å². The van der Waals surface area contributed by atoms with Crippen LogP contribution in [0.25, 0.3) is 0 Å². The van der Waals surface area contributed by atoms with Gasteiger partial charge in [0.25, 0.3) is 0 Å². The molecule has 0 aromatic heterocycles. The predicted molar refractivity (Wildman–Crippen MR) is 63.6 cm³/mol. The molecule has 0 saturated heterocycles. The summed E-state index contributed by atoms with van der Waals surface area (Å²) < 4.78 is 0. The van der Waals surface area contributed by atoms with E-state index in [2.05, 4.69) is 19.9 Å². The van der Waals surface area contributed by atoms with Crippen LogP contribution in [-0.2, 0) is 0 Å². The molecule has 0 spiro atoms. The SMILES string of the molecule is CC(C)C1CCCCC1(O)C1(C#N)CCC1. The van der Waals surface area contributed by atoms with Crippen LogP contribution in [0.15, 0.2) is 0 Å². The highest BCUT2D eigenvalue weighted by molar-refractivity contribution is 5.18. The zero-order chi connectivity index (χ0) is 11.8. The van der Waals surface area contributed by atoms with Crippen molar-refractivity contribution in [2.75, 3.05) is 0 Å². The van der Waals surface area contributed by atoms with Gasteiger partial charge in [-0.25, -0.2) is 0 Å². The number of rotatable bonds is 2. The van der Waals surface area contributed by atoms with Gasteiger partial charge >= 0.3 is 0 Å². The topological polar surface area (TPSA) is 44.0 Å². The second-order valence-electron chi connectivity index (χ2n) is 6.07. The molecule has 2 aliphatic carbocycles. The van der Waals surface area contributed by atoms with E-state index < -0.39 is 11.0 Å². The van der Waals surface area contributed by atoms with Crippen molar-refractivity contribution >= 4 is 0 Å². The highest BCUT2D eigenvalue weighted by atomic mass is 16.3. The molecule has 0 aromatic carbocycles. The third-order valence-corrected chi connectivity index (χ3v) is 4.99. The van der Waals surface area contributed by atoms with Crippen LogP contribution in [-0.4, -0.2) is 10.7 Å². The summed E-state index contributed by atoms with van der Waals surface area (Å²) in [4.78, 5) is 0. The van der Waals surface area contributed by atoms with E-state index in [-0.39, 0.29) is 0 Å². The average Bonchev–Trinajstić information content (AvgIpc) is 2.16. The smallest absolute Gasteiger partial charge is 0.0863 e. The van der Waals surface area contributed by atoms with Crippen LogP contribution in [0.1, 0.15) is 58.8 Å².